The fourth-order valence-corrected chi connectivity index (χ4v) is 18.1. The number of phenols is 2. The second-order valence-corrected chi connectivity index (χ2v) is 16.2. The number of aromatic hydroxyl groups is 2. The molecular weight excluding hydrogens is 533 g/mol. The van der Waals surface area contributed by atoms with E-state index >= 15 is 0 Å². The molecular formula is C19H15BiO4S. The second kappa shape index (κ2) is 5.82. The Morgan fingerprint density at radius 2 is 1.24 bits per heavy atom. The van der Waals surface area contributed by atoms with E-state index in [1.807, 2.05) is 31.2 Å². The zero-order valence-corrected chi connectivity index (χ0v) is 17.6. The SMILES string of the molecule is Cc1cc[c]([Bi]2[c]3cc(O)ccc3S(=O)(=O)c3ccc(O)c[c]32)cc1. The van der Waals surface area contributed by atoms with Gasteiger partial charge in [0, 0.05) is 0 Å². The number of hydrogen-bond acceptors (Lipinski definition) is 4. The van der Waals surface area contributed by atoms with Crippen molar-refractivity contribution in [1.29, 1.82) is 0 Å². The van der Waals surface area contributed by atoms with Crippen LogP contribution in [0.5, 0.6) is 11.5 Å². The Morgan fingerprint density at radius 1 is 0.760 bits per heavy atom. The molecule has 1 aliphatic heterocycles. The third kappa shape index (κ3) is 2.64. The summed E-state index contributed by atoms with van der Waals surface area (Å²) in [6, 6.07) is 17.1. The normalized spacial score (nSPS) is 15.4. The van der Waals surface area contributed by atoms with Crippen molar-refractivity contribution in [1.82, 2.24) is 0 Å². The average Bonchev–Trinajstić information content (AvgIpc) is 2.56. The molecule has 3 aromatic rings. The molecule has 0 fully saturated rings. The van der Waals surface area contributed by atoms with Crippen molar-refractivity contribution in [2.75, 3.05) is 0 Å². The van der Waals surface area contributed by atoms with Crippen LogP contribution in [0.15, 0.2) is 70.5 Å². The summed E-state index contributed by atoms with van der Waals surface area (Å²) < 4.78 is 28.6. The van der Waals surface area contributed by atoms with Crippen molar-refractivity contribution in [2.45, 2.75) is 16.7 Å². The van der Waals surface area contributed by atoms with Crippen molar-refractivity contribution in [3.63, 3.8) is 0 Å². The van der Waals surface area contributed by atoms with E-state index in [0.717, 1.165) is 15.4 Å². The van der Waals surface area contributed by atoms with Crippen LogP contribution in [0.2, 0.25) is 0 Å². The number of phenolic OH excluding ortho intramolecular Hbond substituents is 2. The predicted octanol–water partition coefficient (Wildman–Crippen LogP) is 1.07. The first-order chi connectivity index (χ1) is 11.9. The zero-order valence-electron chi connectivity index (χ0n) is 13.3. The summed E-state index contributed by atoms with van der Waals surface area (Å²) in [5.41, 5.74) is 1.13. The molecule has 25 heavy (non-hydrogen) atoms. The van der Waals surface area contributed by atoms with Crippen LogP contribution in [0.3, 0.4) is 0 Å². The van der Waals surface area contributed by atoms with E-state index in [0.29, 0.717) is 0 Å². The third-order valence-electron chi connectivity index (χ3n) is 4.24. The van der Waals surface area contributed by atoms with Crippen LogP contribution < -0.4 is 9.81 Å². The number of fused-ring (bicyclic) bond motifs is 2. The predicted molar refractivity (Wildman–Crippen MR) is 97.5 cm³/mol. The summed E-state index contributed by atoms with van der Waals surface area (Å²) in [5, 5.41) is 19.9. The van der Waals surface area contributed by atoms with Crippen LogP contribution >= 0.6 is 0 Å². The number of benzene rings is 3. The van der Waals surface area contributed by atoms with Gasteiger partial charge in [0.05, 0.1) is 0 Å². The first-order valence-electron chi connectivity index (χ1n) is 7.66. The molecule has 4 nitrogen and oxygen atoms in total. The summed E-state index contributed by atoms with van der Waals surface area (Å²) >= 11 is -2.96. The maximum atomic E-state index is 13.0. The molecule has 0 unspecified atom stereocenters. The van der Waals surface area contributed by atoms with Crippen LogP contribution in [0.1, 0.15) is 5.56 Å². The van der Waals surface area contributed by atoms with Gasteiger partial charge in [-0.1, -0.05) is 0 Å². The molecule has 4 rings (SSSR count). The molecule has 0 saturated carbocycles. The van der Waals surface area contributed by atoms with Gasteiger partial charge in [-0.15, -0.1) is 0 Å². The van der Waals surface area contributed by atoms with Crippen molar-refractivity contribution in [3.05, 3.63) is 66.2 Å². The fraction of sp³-hybridized carbons (Fsp3) is 0.0526. The van der Waals surface area contributed by atoms with E-state index in [9.17, 15) is 18.6 Å². The molecule has 0 amide bonds. The topological polar surface area (TPSA) is 74.6 Å². The summed E-state index contributed by atoms with van der Waals surface area (Å²) in [7, 11) is -3.66. The van der Waals surface area contributed by atoms with E-state index in [1.54, 1.807) is 12.1 Å². The van der Waals surface area contributed by atoms with E-state index in [4.69, 9.17) is 0 Å². The maximum absolute atomic E-state index is 13.0. The van der Waals surface area contributed by atoms with E-state index < -0.39 is 31.6 Å². The summed E-state index contributed by atoms with van der Waals surface area (Å²) in [6.45, 7) is 2.00. The molecule has 0 spiro atoms. The Bertz CT molecular complexity index is 1030. The Morgan fingerprint density at radius 3 is 1.72 bits per heavy atom. The molecule has 6 heteroatoms. The Balaban J connectivity index is 2.09. The first kappa shape index (κ1) is 16.6. The number of sulfone groups is 1. The van der Waals surface area contributed by atoms with Gasteiger partial charge in [-0.2, -0.15) is 0 Å². The van der Waals surface area contributed by atoms with Gasteiger partial charge >= 0.3 is 154 Å². The summed E-state index contributed by atoms with van der Waals surface area (Å²) in [4.78, 5) is 0.559. The monoisotopic (exact) mass is 548 g/mol. The molecule has 0 radical (unpaired) electrons. The van der Waals surface area contributed by atoms with Crippen molar-refractivity contribution in [3.8, 4) is 11.5 Å². The molecule has 2 N–H and O–H groups in total. The molecule has 0 aromatic heterocycles. The average molecular weight is 548 g/mol. The zero-order chi connectivity index (χ0) is 17.8. The van der Waals surface area contributed by atoms with Crippen LogP contribution in [0.4, 0.5) is 0 Å². The van der Waals surface area contributed by atoms with Gasteiger partial charge in [-0.05, 0) is 0 Å². The Labute approximate surface area is 154 Å². The van der Waals surface area contributed by atoms with E-state index in [-0.39, 0.29) is 21.3 Å². The van der Waals surface area contributed by atoms with Gasteiger partial charge in [-0.25, -0.2) is 0 Å². The number of rotatable bonds is 1. The Kier molecular flexibility index (Phi) is 3.85. The molecule has 3 aromatic carbocycles. The fourth-order valence-electron chi connectivity index (χ4n) is 3.04. The standard InChI is InChI=1S/C12H8O4S.C7H7.Bi/c13-9-1-5-11(6-2-9)17(15,16)12-7-3-10(14)4-8-12;1-7-5-3-2-4-6-7;/h1-5,7,13-14H;3-6H,1H3;. The minimum absolute atomic E-state index is 0.0599. The number of aryl methyl sites for hydroxylation is 1. The van der Waals surface area contributed by atoms with Crippen LogP contribution in [-0.2, 0) is 9.84 Å². The summed E-state index contributed by atoms with van der Waals surface area (Å²) in [5.74, 6) is 0.120. The number of hydrogen-bond donors (Lipinski definition) is 2. The van der Waals surface area contributed by atoms with Gasteiger partial charge < -0.3 is 0 Å². The molecule has 1 heterocycles. The molecule has 126 valence electrons. The van der Waals surface area contributed by atoms with Gasteiger partial charge in [0.25, 0.3) is 0 Å². The van der Waals surface area contributed by atoms with Gasteiger partial charge in [0.15, 0.2) is 0 Å². The van der Waals surface area contributed by atoms with Crippen LogP contribution in [0.25, 0.3) is 0 Å². The third-order valence-corrected chi connectivity index (χ3v) is 17.1. The first-order valence-corrected chi connectivity index (χ1v) is 14.4. The Hall–Kier alpha value is -1.91. The minimum atomic E-state index is -3.66. The van der Waals surface area contributed by atoms with E-state index in [1.165, 1.54) is 24.3 Å². The molecule has 0 aliphatic carbocycles. The molecule has 0 saturated heterocycles. The quantitative estimate of drug-likeness (QED) is 0.350. The van der Waals surface area contributed by atoms with Gasteiger partial charge in [-0.3, -0.25) is 0 Å². The van der Waals surface area contributed by atoms with Crippen LogP contribution in [-0.4, -0.2) is 40.4 Å². The van der Waals surface area contributed by atoms with Crippen molar-refractivity contribution in [2.24, 2.45) is 0 Å². The van der Waals surface area contributed by atoms with Crippen molar-refractivity contribution >= 4 is 41.4 Å². The molecule has 0 bridgehead atoms. The second-order valence-electron chi connectivity index (χ2n) is 5.98. The van der Waals surface area contributed by atoms with Gasteiger partial charge in [0.1, 0.15) is 0 Å². The molecule has 0 atom stereocenters. The van der Waals surface area contributed by atoms with E-state index in [2.05, 4.69) is 0 Å². The van der Waals surface area contributed by atoms with Crippen molar-refractivity contribution < 1.29 is 18.6 Å². The van der Waals surface area contributed by atoms with Gasteiger partial charge in [0.2, 0.25) is 0 Å². The summed E-state index contributed by atoms with van der Waals surface area (Å²) in [6.07, 6.45) is 0. The van der Waals surface area contributed by atoms with Crippen LogP contribution in [0, 0.1) is 6.92 Å². The molecule has 1 aliphatic rings.